The van der Waals surface area contributed by atoms with Crippen LogP contribution in [0.5, 0.6) is 5.75 Å². The average molecular weight is 311 g/mol. The molecule has 0 saturated carbocycles. The van der Waals surface area contributed by atoms with Crippen LogP contribution < -0.4 is 10.1 Å². The summed E-state index contributed by atoms with van der Waals surface area (Å²) in [6.07, 6.45) is 1.48. The second-order valence-electron chi connectivity index (χ2n) is 5.06. The molecule has 4 heteroatoms. The van der Waals surface area contributed by atoms with Crippen molar-refractivity contribution in [3.8, 4) is 11.8 Å². The molecule has 0 amide bonds. The molecule has 0 aromatic heterocycles. The predicted octanol–water partition coefficient (Wildman–Crippen LogP) is 4.20. The molecule has 0 bridgehead atoms. The lowest BCUT2D eigenvalue weighted by Crippen LogP contribution is -2.22. The Labute approximate surface area is 117 Å². The van der Waals surface area contributed by atoms with Crippen molar-refractivity contribution < 1.29 is 4.74 Å². The molecule has 0 saturated heterocycles. The van der Waals surface area contributed by atoms with Crippen molar-refractivity contribution in [1.29, 1.82) is 5.26 Å². The molecule has 0 fully saturated rings. The number of hydrogen-bond donors (Lipinski definition) is 1. The second kappa shape index (κ2) is 6.65. The van der Waals surface area contributed by atoms with E-state index in [1.807, 2.05) is 18.2 Å². The highest BCUT2D eigenvalue weighted by Crippen LogP contribution is 2.27. The second-order valence-corrected chi connectivity index (χ2v) is 5.97. The van der Waals surface area contributed by atoms with Gasteiger partial charge in [0.1, 0.15) is 5.75 Å². The Bertz CT molecular complexity index is 438. The van der Waals surface area contributed by atoms with E-state index in [0.717, 1.165) is 28.9 Å². The number of halogens is 1. The highest BCUT2D eigenvalue weighted by molar-refractivity contribution is 9.10. The first kappa shape index (κ1) is 14.8. The highest BCUT2D eigenvalue weighted by atomic mass is 79.9. The van der Waals surface area contributed by atoms with Gasteiger partial charge in [0.15, 0.2) is 0 Å². The number of hydrogen-bond acceptors (Lipinski definition) is 3. The summed E-state index contributed by atoms with van der Waals surface area (Å²) in [7, 11) is 1.66. The Morgan fingerprint density at radius 2 is 2.11 bits per heavy atom. The van der Waals surface area contributed by atoms with Gasteiger partial charge in [-0.2, -0.15) is 5.26 Å². The van der Waals surface area contributed by atoms with Crippen molar-refractivity contribution in [2.75, 3.05) is 19.0 Å². The molecule has 18 heavy (non-hydrogen) atoms. The van der Waals surface area contributed by atoms with E-state index in [0.29, 0.717) is 6.42 Å². The van der Waals surface area contributed by atoms with E-state index >= 15 is 0 Å². The van der Waals surface area contributed by atoms with E-state index in [-0.39, 0.29) is 5.41 Å². The van der Waals surface area contributed by atoms with Crippen LogP contribution in [0.15, 0.2) is 22.7 Å². The fraction of sp³-hybridized carbons (Fsp3) is 0.500. The lowest BCUT2D eigenvalue weighted by Gasteiger charge is -2.24. The molecule has 0 aliphatic heterocycles. The van der Waals surface area contributed by atoms with Crippen LogP contribution >= 0.6 is 15.9 Å². The third-order valence-corrected chi connectivity index (χ3v) is 3.25. The van der Waals surface area contributed by atoms with Gasteiger partial charge in [-0.3, -0.25) is 0 Å². The quantitative estimate of drug-likeness (QED) is 0.856. The largest absolute Gasteiger partial charge is 0.497 e. The van der Waals surface area contributed by atoms with Crippen molar-refractivity contribution in [1.82, 2.24) is 0 Å². The summed E-state index contributed by atoms with van der Waals surface area (Å²) < 4.78 is 6.20. The van der Waals surface area contributed by atoms with E-state index in [1.165, 1.54) is 0 Å². The minimum absolute atomic E-state index is 0.102. The first-order valence-corrected chi connectivity index (χ1v) is 6.71. The zero-order chi connectivity index (χ0) is 13.6. The molecule has 98 valence electrons. The molecule has 0 heterocycles. The Morgan fingerprint density at radius 3 is 2.72 bits per heavy atom. The van der Waals surface area contributed by atoms with Crippen molar-refractivity contribution in [3.63, 3.8) is 0 Å². The smallest absolute Gasteiger partial charge is 0.122 e. The Morgan fingerprint density at radius 1 is 1.39 bits per heavy atom. The van der Waals surface area contributed by atoms with Crippen LogP contribution in [0.2, 0.25) is 0 Å². The monoisotopic (exact) mass is 310 g/mol. The third kappa shape index (κ3) is 4.97. The van der Waals surface area contributed by atoms with Gasteiger partial charge in [-0.05, 0) is 24.0 Å². The predicted molar refractivity (Wildman–Crippen MR) is 77.8 cm³/mol. The number of nitrogens with one attached hydrogen (secondary N) is 1. The minimum Gasteiger partial charge on any atom is -0.497 e. The van der Waals surface area contributed by atoms with Gasteiger partial charge in [0.05, 0.1) is 13.2 Å². The normalized spacial score (nSPS) is 10.8. The summed E-state index contributed by atoms with van der Waals surface area (Å²) in [5.41, 5.74) is 1.12. The van der Waals surface area contributed by atoms with E-state index in [4.69, 9.17) is 10.00 Å². The van der Waals surface area contributed by atoms with Crippen LogP contribution in [0.1, 0.15) is 26.7 Å². The average Bonchev–Trinajstić information content (AvgIpc) is 2.33. The number of anilines is 1. The minimum atomic E-state index is 0.102. The maximum absolute atomic E-state index is 8.63. The first-order valence-electron chi connectivity index (χ1n) is 5.92. The molecule has 3 nitrogen and oxygen atoms in total. The van der Waals surface area contributed by atoms with Gasteiger partial charge >= 0.3 is 0 Å². The van der Waals surface area contributed by atoms with Crippen molar-refractivity contribution in [2.45, 2.75) is 26.7 Å². The fourth-order valence-corrected chi connectivity index (χ4v) is 2.08. The molecular weight excluding hydrogens is 292 g/mol. The summed E-state index contributed by atoms with van der Waals surface area (Å²) in [4.78, 5) is 0. The van der Waals surface area contributed by atoms with Gasteiger partial charge in [0.2, 0.25) is 0 Å². The standard InChI is InChI=1S/C14H19BrN2O/c1-14(2,5-4-6-16)10-17-12-7-11(15)8-13(9-12)18-3/h7-9,17H,4-5,10H2,1-3H3. The van der Waals surface area contributed by atoms with E-state index in [9.17, 15) is 0 Å². The van der Waals surface area contributed by atoms with Gasteiger partial charge in [-0.25, -0.2) is 0 Å². The molecule has 1 aromatic rings. The number of ether oxygens (including phenoxy) is 1. The van der Waals surface area contributed by atoms with Crippen LogP contribution in [-0.2, 0) is 0 Å². The lowest BCUT2D eigenvalue weighted by atomic mass is 9.88. The zero-order valence-corrected chi connectivity index (χ0v) is 12.7. The summed E-state index contributed by atoms with van der Waals surface area (Å²) in [6, 6.07) is 8.10. The molecule has 0 aliphatic rings. The molecule has 1 rings (SSSR count). The Kier molecular flexibility index (Phi) is 5.49. The molecule has 0 spiro atoms. The van der Waals surface area contributed by atoms with Crippen LogP contribution in [0.3, 0.4) is 0 Å². The van der Waals surface area contributed by atoms with Gasteiger partial charge in [0, 0.05) is 29.2 Å². The first-order chi connectivity index (χ1) is 8.46. The van der Waals surface area contributed by atoms with Crippen molar-refractivity contribution >= 4 is 21.6 Å². The van der Waals surface area contributed by atoms with Gasteiger partial charge in [-0.15, -0.1) is 0 Å². The molecule has 0 unspecified atom stereocenters. The van der Waals surface area contributed by atoms with Crippen LogP contribution in [-0.4, -0.2) is 13.7 Å². The van der Waals surface area contributed by atoms with Crippen LogP contribution in [0.4, 0.5) is 5.69 Å². The number of nitrogens with zero attached hydrogens (tertiary/aromatic N) is 1. The van der Waals surface area contributed by atoms with Gasteiger partial charge < -0.3 is 10.1 Å². The molecule has 1 N–H and O–H groups in total. The van der Waals surface area contributed by atoms with E-state index in [2.05, 4.69) is 41.2 Å². The van der Waals surface area contributed by atoms with E-state index in [1.54, 1.807) is 7.11 Å². The molecule has 1 aromatic carbocycles. The summed E-state index contributed by atoms with van der Waals surface area (Å²) in [5, 5.41) is 12.0. The summed E-state index contributed by atoms with van der Waals surface area (Å²) >= 11 is 3.45. The topological polar surface area (TPSA) is 45.0 Å². The number of rotatable bonds is 6. The number of methoxy groups -OCH3 is 1. The zero-order valence-electron chi connectivity index (χ0n) is 11.1. The number of benzene rings is 1. The molecule has 0 aliphatic carbocycles. The molecule has 0 radical (unpaired) electrons. The van der Waals surface area contributed by atoms with Crippen LogP contribution in [0, 0.1) is 16.7 Å². The molecular formula is C14H19BrN2O. The van der Waals surface area contributed by atoms with E-state index < -0.39 is 0 Å². The highest BCUT2D eigenvalue weighted by Gasteiger charge is 2.17. The molecule has 0 atom stereocenters. The van der Waals surface area contributed by atoms with Gasteiger partial charge in [-0.1, -0.05) is 29.8 Å². The van der Waals surface area contributed by atoms with Crippen molar-refractivity contribution in [2.24, 2.45) is 5.41 Å². The number of nitriles is 1. The Balaban J connectivity index is 2.63. The maximum Gasteiger partial charge on any atom is 0.122 e. The fourth-order valence-electron chi connectivity index (χ4n) is 1.61. The summed E-state index contributed by atoms with van der Waals surface area (Å²) in [5.74, 6) is 0.821. The Hall–Kier alpha value is -1.21. The summed E-state index contributed by atoms with van der Waals surface area (Å²) in [6.45, 7) is 5.15. The van der Waals surface area contributed by atoms with Crippen molar-refractivity contribution in [3.05, 3.63) is 22.7 Å². The third-order valence-electron chi connectivity index (χ3n) is 2.79. The maximum atomic E-state index is 8.63. The lowest BCUT2D eigenvalue weighted by molar-refractivity contribution is 0.363. The van der Waals surface area contributed by atoms with Crippen LogP contribution in [0.25, 0.3) is 0 Å². The SMILES string of the molecule is COc1cc(Br)cc(NCC(C)(C)CCC#N)c1. The van der Waals surface area contributed by atoms with Gasteiger partial charge in [0.25, 0.3) is 0 Å².